The van der Waals surface area contributed by atoms with Gasteiger partial charge >= 0.3 is 23.9 Å². The molecule has 2 aromatic rings. The van der Waals surface area contributed by atoms with Gasteiger partial charge in [0.2, 0.25) is 0 Å². The summed E-state index contributed by atoms with van der Waals surface area (Å²) in [5.41, 5.74) is 0.193. The smallest absolute Gasteiger partial charge is 0.339 e. The quantitative estimate of drug-likeness (QED) is 0.0366. The summed E-state index contributed by atoms with van der Waals surface area (Å²) in [6.45, 7) is 19.0. The lowest BCUT2D eigenvalue weighted by atomic mass is 9.88. The fourth-order valence-corrected chi connectivity index (χ4v) is 12.3. The molecule has 0 N–H and O–H groups in total. The van der Waals surface area contributed by atoms with Crippen LogP contribution in [0.25, 0.3) is 11.1 Å². The molecule has 8 nitrogen and oxygen atoms in total. The molecule has 0 bridgehead atoms. The van der Waals surface area contributed by atoms with E-state index in [1.807, 2.05) is 30.3 Å². The van der Waals surface area contributed by atoms with Crippen molar-refractivity contribution in [3.63, 3.8) is 0 Å². The number of benzene rings is 2. The lowest BCUT2D eigenvalue weighted by molar-refractivity contribution is 0.0415. The summed E-state index contributed by atoms with van der Waals surface area (Å²) < 4.78 is 24.2. The highest BCUT2D eigenvalue weighted by atomic mass is 16.5. The van der Waals surface area contributed by atoms with E-state index in [1.54, 1.807) is 6.07 Å². The first-order valence-corrected chi connectivity index (χ1v) is 37.8. The maximum Gasteiger partial charge on any atom is 0.339 e. The number of carbonyl (C=O) groups excluding carboxylic acids is 4. The van der Waals surface area contributed by atoms with Gasteiger partial charge in [0.15, 0.2) is 0 Å². The molecule has 0 saturated heterocycles. The third kappa shape index (κ3) is 43.2. The molecule has 0 saturated carbocycles. The first-order chi connectivity index (χ1) is 42.8. The minimum atomic E-state index is -0.837. The third-order valence-electron chi connectivity index (χ3n) is 17.9. The summed E-state index contributed by atoms with van der Waals surface area (Å²) in [4.78, 5) is 59.1. The maximum atomic E-state index is 14.9. The summed E-state index contributed by atoms with van der Waals surface area (Å²) in [6.07, 6.45) is 56.6. The average Bonchev–Trinajstić information content (AvgIpc) is 0.894. The largest absolute Gasteiger partial charge is 0.462 e. The molecule has 0 aromatic heterocycles. The zero-order valence-electron chi connectivity index (χ0n) is 58.8. The van der Waals surface area contributed by atoms with Gasteiger partial charge in [-0.3, -0.25) is 0 Å². The lowest BCUT2D eigenvalue weighted by Gasteiger charge is -2.20. The van der Waals surface area contributed by atoms with E-state index in [4.69, 9.17) is 18.9 Å². The SMILES string of the molecule is CC(C)CCCCCCCCCCCCCOC(=O)c1cc(-c2ccccc2)c(C(=O)OCCCCCCCCCCCCCC(C)C)c(C(=O)OCCCCCCCCCCCCCC(C)C)c1C(=O)OCCCCCCCCCCCCCC(C)C. The van der Waals surface area contributed by atoms with Crippen LogP contribution in [0.2, 0.25) is 0 Å². The number of unbranched alkanes of at least 4 members (excludes halogenated alkanes) is 40. The van der Waals surface area contributed by atoms with E-state index in [0.717, 1.165) is 101 Å². The molecule has 0 radical (unpaired) electrons. The highest BCUT2D eigenvalue weighted by Crippen LogP contribution is 2.35. The van der Waals surface area contributed by atoms with Gasteiger partial charge in [0.25, 0.3) is 0 Å². The normalized spacial score (nSPS) is 11.6. The molecule has 0 aliphatic carbocycles. The Bertz CT molecular complexity index is 1990. The number of carbonyl (C=O) groups is 4. The monoisotopic (exact) mass is 1230 g/mol. The fourth-order valence-electron chi connectivity index (χ4n) is 12.3. The van der Waals surface area contributed by atoms with Crippen LogP contribution in [0.4, 0.5) is 0 Å². The molecular weight excluding hydrogens is 1090 g/mol. The maximum absolute atomic E-state index is 14.9. The molecule has 0 aliphatic heterocycles. The molecule has 0 heterocycles. The van der Waals surface area contributed by atoms with Crippen molar-refractivity contribution in [3.05, 3.63) is 58.7 Å². The summed E-state index contributed by atoms with van der Waals surface area (Å²) in [6, 6.07) is 10.8. The molecule has 0 aliphatic rings. The number of ether oxygens (including phenoxy) is 4. The fraction of sp³-hybridized carbons (Fsp3) is 0.800. The van der Waals surface area contributed by atoms with E-state index in [0.29, 0.717) is 36.8 Å². The zero-order valence-corrected chi connectivity index (χ0v) is 58.8. The Balaban J connectivity index is 2.31. The number of hydrogen-bond donors (Lipinski definition) is 0. The topological polar surface area (TPSA) is 105 Å². The Morgan fingerprint density at radius 1 is 0.261 bits per heavy atom. The van der Waals surface area contributed by atoms with Crippen LogP contribution in [0.5, 0.6) is 0 Å². The number of rotatable bonds is 61. The van der Waals surface area contributed by atoms with Crippen molar-refractivity contribution in [1.82, 2.24) is 0 Å². The van der Waals surface area contributed by atoms with Gasteiger partial charge in [0.1, 0.15) is 0 Å². The average molecular weight is 1230 g/mol. The Morgan fingerprint density at radius 2 is 0.477 bits per heavy atom. The molecule has 88 heavy (non-hydrogen) atoms. The van der Waals surface area contributed by atoms with Crippen molar-refractivity contribution in [1.29, 1.82) is 0 Å². The molecule has 8 heteroatoms. The van der Waals surface area contributed by atoms with E-state index in [2.05, 4.69) is 55.4 Å². The van der Waals surface area contributed by atoms with E-state index >= 15 is 0 Å². The van der Waals surface area contributed by atoms with E-state index in [-0.39, 0.29) is 48.7 Å². The lowest BCUT2D eigenvalue weighted by Crippen LogP contribution is -2.25. The van der Waals surface area contributed by atoms with Gasteiger partial charge in [-0.15, -0.1) is 0 Å². The predicted molar refractivity (Wildman–Crippen MR) is 374 cm³/mol. The van der Waals surface area contributed by atoms with E-state index in [9.17, 15) is 19.2 Å². The first kappa shape index (κ1) is 80.4. The van der Waals surface area contributed by atoms with Crippen molar-refractivity contribution >= 4 is 23.9 Å². The molecule has 0 amide bonds. The van der Waals surface area contributed by atoms with Gasteiger partial charge < -0.3 is 18.9 Å². The number of esters is 4. The van der Waals surface area contributed by atoms with Crippen LogP contribution in [0.15, 0.2) is 36.4 Å². The van der Waals surface area contributed by atoms with Gasteiger partial charge in [0.05, 0.1) is 48.7 Å². The van der Waals surface area contributed by atoms with Crippen LogP contribution >= 0.6 is 0 Å². The van der Waals surface area contributed by atoms with Crippen molar-refractivity contribution in [2.75, 3.05) is 26.4 Å². The van der Waals surface area contributed by atoms with Crippen LogP contribution in [-0.4, -0.2) is 50.3 Å². The second kappa shape index (κ2) is 56.1. The van der Waals surface area contributed by atoms with Crippen molar-refractivity contribution < 1.29 is 38.1 Å². The Labute approximate surface area is 542 Å². The highest BCUT2D eigenvalue weighted by Gasteiger charge is 2.36. The minimum Gasteiger partial charge on any atom is -0.462 e. The van der Waals surface area contributed by atoms with Crippen LogP contribution in [0.3, 0.4) is 0 Å². The standard InChI is InChI=1S/C80H138O8/c1-67(2)56-46-37-29-21-13-9-17-25-33-41-52-62-85-77(81)73-66-72(71-60-50-45-51-61-71)74(78(82)86-63-53-42-34-26-18-10-14-22-30-38-47-57-68(3)4)76(80(84)88-65-55-44-36-28-20-12-16-24-32-40-49-59-70(7)8)75(73)79(83)87-64-54-43-35-27-19-11-15-23-31-39-48-58-69(5)6/h45,50-51,60-61,66-70H,9-44,46-49,52-59,62-65H2,1-8H3. The highest BCUT2D eigenvalue weighted by molar-refractivity contribution is 6.18. The Kier molecular flexibility index (Phi) is 51.3. The van der Waals surface area contributed by atoms with Crippen LogP contribution < -0.4 is 0 Å². The zero-order chi connectivity index (χ0) is 63.9. The number of hydrogen-bond acceptors (Lipinski definition) is 8. The summed E-state index contributed by atoms with van der Waals surface area (Å²) >= 11 is 0. The van der Waals surface area contributed by atoms with Crippen molar-refractivity contribution in [2.45, 2.75) is 364 Å². The van der Waals surface area contributed by atoms with Crippen molar-refractivity contribution in [2.24, 2.45) is 23.7 Å². The minimum absolute atomic E-state index is 0.0782. The summed E-state index contributed by atoms with van der Waals surface area (Å²) in [7, 11) is 0. The van der Waals surface area contributed by atoms with E-state index < -0.39 is 23.9 Å². The second-order valence-electron chi connectivity index (χ2n) is 28.3. The van der Waals surface area contributed by atoms with Crippen molar-refractivity contribution in [3.8, 4) is 11.1 Å². The molecule has 0 atom stereocenters. The molecule has 0 unspecified atom stereocenters. The van der Waals surface area contributed by atoms with Crippen LogP contribution in [-0.2, 0) is 18.9 Å². The van der Waals surface area contributed by atoms with Crippen LogP contribution in [0.1, 0.15) is 405 Å². The van der Waals surface area contributed by atoms with E-state index in [1.165, 1.54) is 205 Å². The second-order valence-corrected chi connectivity index (χ2v) is 28.3. The third-order valence-corrected chi connectivity index (χ3v) is 17.9. The Morgan fingerprint density at radius 3 is 0.739 bits per heavy atom. The molecular formula is C80H138O8. The molecule has 2 aromatic carbocycles. The van der Waals surface area contributed by atoms with Gasteiger partial charge in [-0.1, -0.05) is 368 Å². The first-order valence-electron chi connectivity index (χ1n) is 37.8. The Hall–Kier alpha value is -3.68. The van der Waals surface area contributed by atoms with Gasteiger partial charge in [-0.25, -0.2) is 19.2 Å². The molecule has 506 valence electrons. The van der Waals surface area contributed by atoms with Gasteiger partial charge in [-0.05, 0) is 66.5 Å². The van der Waals surface area contributed by atoms with Crippen LogP contribution in [0, 0.1) is 23.7 Å². The van der Waals surface area contributed by atoms with Gasteiger partial charge in [0, 0.05) is 0 Å². The predicted octanol–water partition coefficient (Wildman–Crippen LogP) is 25.3. The molecule has 2 rings (SSSR count). The summed E-state index contributed by atoms with van der Waals surface area (Å²) in [5.74, 6) is 0.0309. The molecule has 0 fully saturated rings. The molecule has 0 spiro atoms. The summed E-state index contributed by atoms with van der Waals surface area (Å²) in [5, 5.41) is 0. The van der Waals surface area contributed by atoms with Gasteiger partial charge in [-0.2, -0.15) is 0 Å².